The van der Waals surface area contributed by atoms with Crippen molar-refractivity contribution in [1.82, 2.24) is 4.57 Å². The highest BCUT2D eigenvalue weighted by atomic mass is 16.4. The van der Waals surface area contributed by atoms with Crippen LogP contribution in [0.1, 0.15) is 23.2 Å². The van der Waals surface area contributed by atoms with Crippen molar-refractivity contribution in [3.05, 3.63) is 35.0 Å². The van der Waals surface area contributed by atoms with E-state index in [2.05, 4.69) is 4.57 Å². The van der Waals surface area contributed by atoms with Crippen LogP contribution < -0.4 is 0 Å². The first-order chi connectivity index (χ1) is 8.54. The molecule has 2 rings (SSSR count). The average molecular weight is 247 g/mol. The SMILES string of the molecule is Cc1c(CCC(=O)O)c2cc(CO)ccc2n1C. The van der Waals surface area contributed by atoms with Crippen molar-refractivity contribution in [2.45, 2.75) is 26.4 Å². The van der Waals surface area contributed by atoms with Crippen LogP contribution in [0.5, 0.6) is 0 Å². The van der Waals surface area contributed by atoms with E-state index in [4.69, 9.17) is 5.11 Å². The fraction of sp³-hybridized carbons (Fsp3) is 0.357. The van der Waals surface area contributed by atoms with Crippen LogP contribution in [0.4, 0.5) is 0 Å². The number of aliphatic hydroxyl groups is 1. The van der Waals surface area contributed by atoms with E-state index in [1.54, 1.807) is 0 Å². The molecule has 4 nitrogen and oxygen atoms in total. The molecule has 1 aromatic heterocycles. The van der Waals surface area contributed by atoms with E-state index < -0.39 is 5.97 Å². The third kappa shape index (κ3) is 2.11. The predicted molar refractivity (Wildman–Crippen MR) is 69.5 cm³/mol. The summed E-state index contributed by atoms with van der Waals surface area (Å²) < 4.78 is 2.06. The summed E-state index contributed by atoms with van der Waals surface area (Å²) >= 11 is 0. The van der Waals surface area contributed by atoms with Crippen molar-refractivity contribution < 1.29 is 15.0 Å². The van der Waals surface area contributed by atoms with Gasteiger partial charge in [0.1, 0.15) is 0 Å². The molecule has 18 heavy (non-hydrogen) atoms. The van der Waals surface area contributed by atoms with Gasteiger partial charge in [0.15, 0.2) is 0 Å². The molecule has 0 aliphatic heterocycles. The molecule has 0 saturated carbocycles. The predicted octanol–water partition coefficient (Wildman–Crippen LogP) is 2.00. The van der Waals surface area contributed by atoms with Crippen LogP contribution in [-0.2, 0) is 24.9 Å². The molecule has 0 aliphatic rings. The number of aryl methyl sites for hydroxylation is 2. The first kappa shape index (κ1) is 12.6. The number of benzene rings is 1. The average Bonchev–Trinajstić information content (AvgIpc) is 2.59. The third-order valence-corrected chi connectivity index (χ3v) is 3.46. The third-order valence-electron chi connectivity index (χ3n) is 3.46. The number of hydrogen-bond acceptors (Lipinski definition) is 2. The maximum atomic E-state index is 10.7. The Labute approximate surface area is 105 Å². The molecular weight excluding hydrogens is 230 g/mol. The fourth-order valence-corrected chi connectivity index (χ4v) is 2.34. The number of nitrogens with zero attached hydrogens (tertiary/aromatic N) is 1. The number of carboxylic acids is 1. The Bertz CT molecular complexity index is 599. The van der Waals surface area contributed by atoms with Gasteiger partial charge in [0.05, 0.1) is 6.61 Å². The van der Waals surface area contributed by atoms with Gasteiger partial charge in [-0.2, -0.15) is 0 Å². The van der Waals surface area contributed by atoms with E-state index in [0.29, 0.717) is 6.42 Å². The van der Waals surface area contributed by atoms with Crippen LogP contribution >= 0.6 is 0 Å². The fourth-order valence-electron chi connectivity index (χ4n) is 2.34. The van der Waals surface area contributed by atoms with E-state index in [1.165, 1.54) is 0 Å². The van der Waals surface area contributed by atoms with Crippen LogP contribution in [0.2, 0.25) is 0 Å². The molecule has 0 spiro atoms. The van der Waals surface area contributed by atoms with Crippen LogP contribution in [-0.4, -0.2) is 20.7 Å². The van der Waals surface area contributed by atoms with Gasteiger partial charge in [0.2, 0.25) is 0 Å². The van der Waals surface area contributed by atoms with E-state index in [9.17, 15) is 9.90 Å². The highest BCUT2D eigenvalue weighted by molar-refractivity contribution is 5.86. The molecule has 0 bridgehead atoms. The molecule has 2 aromatic rings. The van der Waals surface area contributed by atoms with Gasteiger partial charge >= 0.3 is 5.97 Å². The lowest BCUT2D eigenvalue weighted by atomic mass is 10.0. The molecule has 4 heteroatoms. The van der Waals surface area contributed by atoms with Crippen LogP contribution in [0, 0.1) is 6.92 Å². The zero-order chi connectivity index (χ0) is 13.3. The van der Waals surface area contributed by atoms with Gasteiger partial charge in [-0.25, -0.2) is 0 Å². The minimum atomic E-state index is -0.787. The smallest absolute Gasteiger partial charge is 0.303 e. The van der Waals surface area contributed by atoms with Crippen LogP contribution in [0.25, 0.3) is 10.9 Å². The summed E-state index contributed by atoms with van der Waals surface area (Å²) in [5, 5.41) is 19.0. The van der Waals surface area contributed by atoms with Gasteiger partial charge in [-0.15, -0.1) is 0 Å². The van der Waals surface area contributed by atoms with Gasteiger partial charge in [0, 0.05) is 30.1 Å². The van der Waals surface area contributed by atoms with Gasteiger partial charge in [-0.3, -0.25) is 4.79 Å². The number of carbonyl (C=O) groups is 1. The highest BCUT2D eigenvalue weighted by Gasteiger charge is 2.13. The van der Waals surface area contributed by atoms with E-state index >= 15 is 0 Å². The Kier molecular flexibility index (Phi) is 3.39. The molecule has 0 radical (unpaired) electrons. The molecule has 0 saturated heterocycles. The molecular formula is C14H17NO3. The molecule has 1 aromatic carbocycles. The standard InChI is InChI=1S/C14H17NO3/c1-9-11(4-6-14(17)18)12-7-10(8-16)3-5-13(12)15(9)2/h3,5,7,16H,4,6,8H2,1-2H3,(H,17,18). The second-order valence-corrected chi connectivity index (χ2v) is 4.53. The van der Waals surface area contributed by atoms with E-state index in [1.807, 2.05) is 32.2 Å². The normalized spacial score (nSPS) is 11.1. The van der Waals surface area contributed by atoms with Gasteiger partial charge in [0.25, 0.3) is 0 Å². The summed E-state index contributed by atoms with van der Waals surface area (Å²) in [6.07, 6.45) is 0.649. The zero-order valence-corrected chi connectivity index (χ0v) is 10.6. The Morgan fingerprint density at radius 1 is 1.39 bits per heavy atom. The number of fused-ring (bicyclic) bond motifs is 1. The molecule has 0 aliphatic carbocycles. The highest BCUT2D eigenvalue weighted by Crippen LogP contribution is 2.27. The van der Waals surface area contributed by atoms with Gasteiger partial charge < -0.3 is 14.8 Å². The maximum Gasteiger partial charge on any atom is 0.303 e. The zero-order valence-electron chi connectivity index (χ0n) is 10.6. The summed E-state index contributed by atoms with van der Waals surface area (Å²) in [5.74, 6) is -0.787. The molecule has 96 valence electrons. The number of aromatic nitrogens is 1. The summed E-state index contributed by atoms with van der Waals surface area (Å²) in [4.78, 5) is 10.7. The summed E-state index contributed by atoms with van der Waals surface area (Å²) in [7, 11) is 1.97. The largest absolute Gasteiger partial charge is 0.481 e. The van der Waals surface area contributed by atoms with Crippen LogP contribution in [0.15, 0.2) is 18.2 Å². The van der Waals surface area contributed by atoms with E-state index in [0.717, 1.165) is 27.7 Å². The van der Waals surface area contributed by atoms with Crippen molar-refractivity contribution in [1.29, 1.82) is 0 Å². The molecule has 2 N–H and O–H groups in total. The number of aliphatic hydroxyl groups excluding tert-OH is 1. The lowest BCUT2D eigenvalue weighted by molar-refractivity contribution is -0.136. The first-order valence-electron chi connectivity index (χ1n) is 5.94. The number of aliphatic carboxylic acids is 1. The second kappa shape index (κ2) is 4.82. The van der Waals surface area contributed by atoms with Crippen molar-refractivity contribution >= 4 is 16.9 Å². The van der Waals surface area contributed by atoms with Crippen molar-refractivity contribution in [3.63, 3.8) is 0 Å². The number of rotatable bonds is 4. The second-order valence-electron chi connectivity index (χ2n) is 4.53. The lowest BCUT2D eigenvalue weighted by Crippen LogP contribution is -1.99. The Morgan fingerprint density at radius 3 is 2.72 bits per heavy atom. The monoisotopic (exact) mass is 247 g/mol. The quantitative estimate of drug-likeness (QED) is 0.868. The Morgan fingerprint density at radius 2 is 2.11 bits per heavy atom. The minimum Gasteiger partial charge on any atom is -0.481 e. The number of hydrogen-bond donors (Lipinski definition) is 2. The van der Waals surface area contributed by atoms with Gasteiger partial charge in [-0.1, -0.05) is 6.07 Å². The maximum absolute atomic E-state index is 10.7. The lowest BCUT2D eigenvalue weighted by Gasteiger charge is -2.00. The van der Waals surface area contributed by atoms with E-state index in [-0.39, 0.29) is 13.0 Å². The molecule has 0 amide bonds. The minimum absolute atomic E-state index is 0.00223. The number of carboxylic acid groups (broad SMARTS) is 1. The molecule has 0 fully saturated rings. The Balaban J connectivity index is 2.55. The van der Waals surface area contributed by atoms with Crippen molar-refractivity contribution in [3.8, 4) is 0 Å². The van der Waals surface area contributed by atoms with Crippen LogP contribution in [0.3, 0.4) is 0 Å². The topological polar surface area (TPSA) is 62.5 Å². The molecule has 0 unspecified atom stereocenters. The first-order valence-corrected chi connectivity index (χ1v) is 5.94. The molecule has 0 atom stereocenters. The van der Waals surface area contributed by atoms with Crippen molar-refractivity contribution in [2.75, 3.05) is 0 Å². The van der Waals surface area contributed by atoms with Crippen molar-refractivity contribution in [2.24, 2.45) is 7.05 Å². The molecule has 1 heterocycles. The summed E-state index contributed by atoms with van der Waals surface area (Å²) in [5.41, 5.74) is 4.07. The summed E-state index contributed by atoms with van der Waals surface area (Å²) in [6, 6.07) is 5.81. The Hall–Kier alpha value is -1.81. The van der Waals surface area contributed by atoms with Gasteiger partial charge in [-0.05, 0) is 36.6 Å². The summed E-state index contributed by atoms with van der Waals surface area (Å²) in [6.45, 7) is 2.00.